The number of amides is 1. The highest BCUT2D eigenvalue weighted by molar-refractivity contribution is 7.85. The summed E-state index contributed by atoms with van der Waals surface area (Å²) < 4.78 is 30.5. The van der Waals surface area contributed by atoms with E-state index in [1.165, 1.54) is 64.2 Å². The second-order valence-electron chi connectivity index (χ2n) is 9.54. The number of nitrogens with two attached hydrogens (primary N) is 1. The molecule has 0 aliphatic heterocycles. The molecule has 3 N–H and O–H groups in total. The highest BCUT2D eigenvalue weighted by atomic mass is 32.2. The van der Waals surface area contributed by atoms with Crippen molar-refractivity contribution in [2.45, 2.75) is 118 Å². The summed E-state index contributed by atoms with van der Waals surface area (Å²) in [6.45, 7) is 8.59. The fraction of sp³-hybridized carbons (Fsp3) is 0.957. The molecule has 0 rings (SSSR count). The van der Waals surface area contributed by atoms with Crippen LogP contribution in [-0.2, 0) is 14.9 Å². The second-order valence-corrected chi connectivity index (χ2v) is 11.1. The standard InChI is InChI=1S/C23H48N2O4S/c1-5-7-8-9-10-11-12-13-14-15-16-17-19-23(3,4)22(26)25(24,6-2)20-18-21-30(27,28)29/h5-21,24H2,1-4H3/p+1. The van der Waals surface area contributed by atoms with Crippen LogP contribution in [0.15, 0.2) is 0 Å². The number of carbonyl (C=O) groups is 1. The quantitative estimate of drug-likeness (QED) is 0.0666. The first-order valence-electron chi connectivity index (χ1n) is 12.1. The summed E-state index contributed by atoms with van der Waals surface area (Å²) in [4.78, 5) is 13.0. The Morgan fingerprint density at radius 2 is 1.27 bits per heavy atom. The van der Waals surface area contributed by atoms with Crippen molar-refractivity contribution in [2.24, 2.45) is 11.3 Å². The number of carbonyl (C=O) groups excluding carboxylic acids is 1. The van der Waals surface area contributed by atoms with Gasteiger partial charge in [-0.1, -0.05) is 84.0 Å². The summed E-state index contributed by atoms with van der Waals surface area (Å²) in [6, 6.07) is 0. The van der Waals surface area contributed by atoms with Crippen LogP contribution in [0.5, 0.6) is 0 Å². The maximum Gasteiger partial charge on any atom is 0.338 e. The van der Waals surface area contributed by atoms with E-state index in [0.29, 0.717) is 6.54 Å². The first-order valence-corrected chi connectivity index (χ1v) is 13.7. The minimum atomic E-state index is -4.03. The van der Waals surface area contributed by atoms with Crippen LogP contribution in [0.2, 0.25) is 0 Å². The van der Waals surface area contributed by atoms with Gasteiger partial charge in [0.05, 0.1) is 11.2 Å². The molecule has 0 saturated heterocycles. The van der Waals surface area contributed by atoms with Crippen molar-refractivity contribution in [1.82, 2.24) is 0 Å². The zero-order chi connectivity index (χ0) is 23.1. The summed E-state index contributed by atoms with van der Waals surface area (Å²) >= 11 is 0. The Kier molecular flexibility index (Phi) is 15.1. The second kappa shape index (κ2) is 15.3. The first-order chi connectivity index (χ1) is 14.0. The van der Waals surface area contributed by atoms with Gasteiger partial charge in [0.1, 0.15) is 13.1 Å². The lowest BCUT2D eigenvalue weighted by Crippen LogP contribution is -2.63. The molecular formula is C23H49N2O4S+. The van der Waals surface area contributed by atoms with Crippen molar-refractivity contribution in [2.75, 3.05) is 18.8 Å². The van der Waals surface area contributed by atoms with Crippen molar-refractivity contribution in [1.29, 1.82) is 0 Å². The fourth-order valence-corrected chi connectivity index (χ4v) is 4.54. The van der Waals surface area contributed by atoms with E-state index in [1.807, 2.05) is 20.8 Å². The van der Waals surface area contributed by atoms with Crippen LogP contribution in [0.25, 0.3) is 0 Å². The highest BCUT2D eigenvalue weighted by Gasteiger charge is 2.42. The molecule has 1 amide bonds. The summed E-state index contributed by atoms with van der Waals surface area (Å²) in [6.07, 6.45) is 16.4. The van der Waals surface area contributed by atoms with Gasteiger partial charge in [-0.05, 0) is 27.2 Å². The molecule has 0 saturated carbocycles. The van der Waals surface area contributed by atoms with Gasteiger partial charge in [0, 0.05) is 6.42 Å². The topological polar surface area (TPSA) is 97.5 Å². The molecule has 0 aromatic carbocycles. The molecule has 1 unspecified atom stereocenters. The SMILES string of the molecule is CCCCCCCCCCCCCCC(C)(C)C(=O)[N+](N)(CC)CCCS(=O)(=O)O. The van der Waals surface area contributed by atoms with E-state index in [9.17, 15) is 13.2 Å². The van der Waals surface area contributed by atoms with Gasteiger partial charge in [-0.2, -0.15) is 18.9 Å². The lowest BCUT2D eigenvalue weighted by atomic mass is 9.84. The zero-order valence-corrected chi connectivity index (χ0v) is 20.9. The van der Waals surface area contributed by atoms with E-state index < -0.39 is 15.5 Å². The number of quaternary nitrogens is 1. The van der Waals surface area contributed by atoms with E-state index in [1.54, 1.807) is 0 Å². The Bertz CT molecular complexity index is 564. The smallest absolute Gasteiger partial charge is 0.286 e. The fourth-order valence-electron chi connectivity index (χ4n) is 4.05. The van der Waals surface area contributed by atoms with Gasteiger partial charge in [-0.25, -0.2) is 4.79 Å². The Hall–Kier alpha value is -0.500. The van der Waals surface area contributed by atoms with Gasteiger partial charge in [-0.3, -0.25) is 4.55 Å². The van der Waals surface area contributed by atoms with Crippen LogP contribution in [0, 0.1) is 5.41 Å². The maximum atomic E-state index is 13.0. The highest BCUT2D eigenvalue weighted by Crippen LogP contribution is 2.29. The minimum Gasteiger partial charge on any atom is -0.286 e. The Balaban J connectivity index is 4.09. The third-order valence-electron chi connectivity index (χ3n) is 6.16. The Morgan fingerprint density at radius 3 is 1.67 bits per heavy atom. The summed E-state index contributed by atoms with van der Waals surface area (Å²) in [5, 5.41) is 0. The molecule has 0 aromatic heterocycles. The molecule has 180 valence electrons. The molecule has 0 aliphatic carbocycles. The number of hydrogen-bond donors (Lipinski definition) is 2. The van der Waals surface area contributed by atoms with Crippen molar-refractivity contribution in [3.63, 3.8) is 0 Å². The number of rotatable bonds is 19. The van der Waals surface area contributed by atoms with Crippen LogP contribution in [-0.4, -0.2) is 42.3 Å². The lowest BCUT2D eigenvalue weighted by molar-refractivity contribution is -0.867. The third-order valence-corrected chi connectivity index (χ3v) is 6.97. The van der Waals surface area contributed by atoms with Crippen molar-refractivity contribution >= 4 is 16.0 Å². The summed E-state index contributed by atoms with van der Waals surface area (Å²) in [5.74, 6) is 5.89. The van der Waals surface area contributed by atoms with Gasteiger partial charge in [0.2, 0.25) is 0 Å². The Morgan fingerprint density at radius 1 is 0.833 bits per heavy atom. The molecule has 0 fully saturated rings. The first kappa shape index (κ1) is 29.5. The van der Waals surface area contributed by atoms with E-state index in [-0.39, 0.29) is 29.2 Å². The average molecular weight is 450 g/mol. The zero-order valence-electron chi connectivity index (χ0n) is 20.1. The van der Waals surface area contributed by atoms with Crippen LogP contribution in [0.1, 0.15) is 118 Å². The molecule has 0 bridgehead atoms. The summed E-state index contributed by atoms with van der Waals surface area (Å²) in [5.41, 5.74) is -0.540. The van der Waals surface area contributed by atoms with E-state index >= 15 is 0 Å². The van der Waals surface area contributed by atoms with E-state index in [0.717, 1.165) is 19.3 Å². The third kappa shape index (κ3) is 13.7. The predicted octanol–water partition coefficient (Wildman–Crippen LogP) is 5.62. The molecule has 0 spiro atoms. The van der Waals surface area contributed by atoms with Gasteiger partial charge in [0.25, 0.3) is 10.1 Å². The van der Waals surface area contributed by atoms with Gasteiger partial charge in [-0.15, -0.1) is 0 Å². The van der Waals surface area contributed by atoms with E-state index in [2.05, 4.69) is 6.92 Å². The molecule has 30 heavy (non-hydrogen) atoms. The molecule has 1 atom stereocenters. The number of nitrogens with zero attached hydrogens (tertiary/aromatic N) is 1. The molecule has 0 radical (unpaired) electrons. The van der Waals surface area contributed by atoms with E-state index in [4.69, 9.17) is 10.4 Å². The molecule has 7 heteroatoms. The largest absolute Gasteiger partial charge is 0.338 e. The number of hydrogen-bond acceptors (Lipinski definition) is 4. The van der Waals surface area contributed by atoms with Crippen molar-refractivity contribution in [3.05, 3.63) is 0 Å². The van der Waals surface area contributed by atoms with Crippen LogP contribution in [0.4, 0.5) is 0 Å². The van der Waals surface area contributed by atoms with Crippen LogP contribution < -0.4 is 5.84 Å². The molecule has 0 heterocycles. The summed E-state index contributed by atoms with van der Waals surface area (Å²) in [7, 11) is -4.03. The molecule has 0 aromatic rings. The monoisotopic (exact) mass is 449 g/mol. The van der Waals surface area contributed by atoms with Crippen molar-refractivity contribution in [3.8, 4) is 0 Å². The van der Waals surface area contributed by atoms with Crippen LogP contribution >= 0.6 is 0 Å². The maximum absolute atomic E-state index is 13.0. The Labute approximate surface area is 186 Å². The molecule has 0 aliphatic rings. The average Bonchev–Trinajstić information content (AvgIpc) is 2.67. The van der Waals surface area contributed by atoms with Gasteiger partial charge in [0.15, 0.2) is 0 Å². The van der Waals surface area contributed by atoms with Crippen molar-refractivity contribution < 1.29 is 22.4 Å². The predicted molar refractivity (Wildman–Crippen MR) is 125 cm³/mol. The normalized spacial score (nSPS) is 14.6. The minimum absolute atomic E-state index is 0.0524. The van der Waals surface area contributed by atoms with Gasteiger partial charge < -0.3 is 0 Å². The lowest BCUT2D eigenvalue weighted by Gasteiger charge is -2.35. The molecule has 6 nitrogen and oxygen atoms in total. The number of unbranched alkanes of at least 4 members (excludes halogenated alkanes) is 11. The molecular weight excluding hydrogens is 400 g/mol. The van der Waals surface area contributed by atoms with Crippen LogP contribution in [0.3, 0.4) is 0 Å². The van der Waals surface area contributed by atoms with Gasteiger partial charge >= 0.3 is 5.91 Å².